The van der Waals surface area contributed by atoms with Gasteiger partial charge < -0.3 is 10.1 Å². The van der Waals surface area contributed by atoms with E-state index in [0.29, 0.717) is 6.04 Å². The average molecular weight is 247 g/mol. The molecule has 1 unspecified atom stereocenters. The van der Waals surface area contributed by atoms with Crippen molar-refractivity contribution in [3.63, 3.8) is 0 Å². The van der Waals surface area contributed by atoms with E-state index in [1.165, 1.54) is 31.2 Å². The molecule has 1 saturated carbocycles. The van der Waals surface area contributed by atoms with Crippen LogP contribution in [0.15, 0.2) is 24.3 Å². The molecule has 1 aliphatic carbocycles. The molecule has 100 valence electrons. The molecule has 0 aliphatic heterocycles. The van der Waals surface area contributed by atoms with Crippen molar-refractivity contribution in [2.45, 2.75) is 45.6 Å². The van der Waals surface area contributed by atoms with E-state index in [-0.39, 0.29) is 0 Å². The maximum absolute atomic E-state index is 6.05. The third-order valence-electron chi connectivity index (χ3n) is 3.85. The highest BCUT2D eigenvalue weighted by atomic mass is 16.5. The largest absolute Gasteiger partial charge is 0.493 e. The van der Waals surface area contributed by atoms with E-state index in [4.69, 9.17) is 4.74 Å². The van der Waals surface area contributed by atoms with Gasteiger partial charge in [-0.1, -0.05) is 38.0 Å². The molecule has 1 fully saturated rings. The molecule has 2 nitrogen and oxygen atoms in total. The predicted molar refractivity (Wildman–Crippen MR) is 76.0 cm³/mol. The zero-order valence-corrected chi connectivity index (χ0v) is 11.6. The van der Waals surface area contributed by atoms with E-state index in [2.05, 4.69) is 43.4 Å². The smallest absolute Gasteiger partial charge is 0.124 e. The third kappa shape index (κ3) is 3.49. The van der Waals surface area contributed by atoms with Gasteiger partial charge in [-0.05, 0) is 38.3 Å². The Labute approximate surface area is 111 Å². The normalized spacial score (nSPS) is 17.9. The lowest BCUT2D eigenvalue weighted by molar-refractivity contribution is 0.248. The van der Waals surface area contributed by atoms with Crippen LogP contribution in [0.4, 0.5) is 0 Å². The molecule has 0 spiro atoms. The quantitative estimate of drug-likeness (QED) is 0.822. The van der Waals surface area contributed by atoms with Crippen molar-refractivity contribution in [3.05, 3.63) is 29.8 Å². The summed E-state index contributed by atoms with van der Waals surface area (Å²) in [5.74, 6) is 1.82. The molecule has 0 saturated heterocycles. The van der Waals surface area contributed by atoms with Gasteiger partial charge in [0.2, 0.25) is 0 Å². The molecule has 0 aromatic heterocycles. The van der Waals surface area contributed by atoms with Gasteiger partial charge >= 0.3 is 0 Å². The van der Waals surface area contributed by atoms with Crippen LogP contribution >= 0.6 is 0 Å². The van der Waals surface area contributed by atoms with Gasteiger partial charge in [-0.25, -0.2) is 0 Å². The number of nitrogens with one attached hydrogen (secondary N) is 1. The molecule has 0 bridgehead atoms. The first kappa shape index (κ1) is 13.4. The zero-order valence-electron chi connectivity index (χ0n) is 11.6. The summed E-state index contributed by atoms with van der Waals surface area (Å²) in [6.07, 6.45) is 5.43. The fourth-order valence-electron chi connectivity index (χ4n) is 2.77. The Hall–Kier alpha value is -1.02. The average Bonchev–Trinajstić information content (AvgIpc) is 2.90. The monoisotopic (exact) mass is 247 g/mol. The van der Waals surface area contributed by atoms with E-state index in [0.717, 1.165) is 24.8 Å². The number of ether oxygens (including phenoxy) is 1. The van der Waals surface area contributed by atoms with Gasteiger partial charge in [0.25, 0.3) is 0 Å². The summed E-state index contributed by atoms with van der Waals surface area (Å²) in [4.78, 5) is 0. The maximum atomic E-state index is 6.05. The number of hydrogen-bond acceptors (Lipinski definition) is 2. The Bertz CT molecular complexity index is 358. The minimum absolute atomic E-state index is 0.356. The van der Waals surface area contributed by atoms with Gasteiger partial charge in [0.05, 0.1) is 6.61 Å². The summed E-state index contributed by atoms with van der Waals surface area (Å²) in [5, 5.41) is 3.45. The van der Waals surface area contributed by atoms with Gasteiger partial charge in [-0.15, -0.1) is 0 Å². The van der Waals surface area contributed by atoms with Crippen LogP contribution in [0.3, 0.4) is 0 Å². The number of benzene rings is 1. The summed E-state index contributed by atoms with van der Waals surface area (Å²) in [6, 6.07) is 8.77. The second-order valence-corrected chi connectivity index (χ2v) is 5.28. The van der Waals surface area contributed by atoms with Crippen molar-refractivity contribution in [1.82, 2.24) is 5.32 Å². The molecule has 1 aliphatic rings. The van der Waals surface area contributed by atoms with Crippen molar-refractivity contribution in [2.24, 2.45) is 5.92 Å². The molecule has 1 aromatic carbocycles. The van der Waals surface area contributed by atoms with Crippen LogP contribution in [0, 0.1) is 5.92 Å². The lowest BCUT2D eigenvalue weighted by Crippen LogP contribution is -2.19. The van der Waals surface area contributed by atoms with E-state index in [1.807, 2.05) is 0 Å². The van der Waals surface area contributed by atoms with E-state index in [9.17, 15) is 0 Å². The Morgan fingerprint density at radius 3 is 2.72 bits per heavy atom. The third-order valence-corrected chi connectivity index (χ3v) is 3.85. The Balaban J connectivity index is 1.97. The maximum Gasteiger partial charge on any atom is 0.124 e. The second kappa shape index (κ2) is 6.79. The molecule has 1 atom stereocenters. The standard InChI is InChI=1S/C16H25NO/c1-3-17-13(2)15-10-6-7-11-16(15)18-12-14-8-4-5-9-14/h6-7,10-11,13-14,17H,3-5,8-9,12H2,1-2H3. The van der Waals surface area contributed by atoms with Crippen LogP contribution < -0.4 is 10.1 Å². The lowest BCUT2D eigenvalue weighted by atomic mass is 10.1. The van der Waals surface area contributed by atoms with E-state index >= 15 is 0 Å². The molecule has 1 aromatic rings. The van der Waals surface area contributed by atoms with Crippen molar-refractivity contribution >= 4 is 0 Å². The van der Waals surface area contributed by atoms with Crippen LogP contribution in [0.1, 0.15) is 51.1 Å². The molecule has 0 radical (unpaired) electrons. The molecule has 1 N–H and O–H groups in total. The minimum atomic E-state index is 0.356. The SMILES string of the molecule is CCNC(C)c1ccccc1OCC1CCCC1. The fraction of sp³-hybridized carbons (Fsp3) is 0.625. The van der Waals surface area contributed by atoms with Crippen molar-refractivity contribution in [3.8, 4) is 5.75 Å². The number of rotatable bonds is 6. The van der Waals surface area contributed by atoms with Gasteiger partial charge in [0, 0.05) is 11.6 Å². The summed E-state index contributed by atoms with van der Waals surface area (Å²) in [7, 11) is 0. The minimum Gasteiger partial charge on any atom is -0.493 e. The van der Waals surface area contributed by atoms with E-state index < -0.39 is 0 Å². The fourth-order valence-corrected chi connectivity index (χ4v) is 2.77. The number of hydrogen-bond donors (Lipinski definition) is 1. The van der Waals surface area contributed by atoms with Crippen molar-refractivity contribution in [2.75, 3.05) is 13.2 Å². The molecule has 0 heterocycles. The summed E-state index contributed by atoms with van der Waals surface area (Å²) >= 11 is 0. The van der Waals surface area contributed by atoms with Crippen LogP contribution in [0.2, 0.25) is 0 Å². The Kier molecular flexibility index (Phi) is 5.06. The second-order valence-electron chi connectivity index (χ2n) is 5.28. The van der Waals surface area contributed by atoms with Crippen LogP contribution in [0.5, 0.6) is 5.75 Å². The summed E-state index contributed by atoms with van der Waals surface area (Å²) in [5.41, 5.74) is 1.28. The van der Waals surface area contributed by atoms with Gasteiger partial charge in [-0.2, -0.15) is 0 Å². The predicted octanol–water partition coefficient (Wildman–Crippen LogP) is 3.93. The highest BCUT2D eigenvalue weighted by Gasteiger charge is 2.17. The first-order valence-electron chi connectivity index (χ1n) is 7.26. The lowest BCUT2D eigenvalue weighted by Gasteiger charge is -2.19. The van der Waals surface area contributed by atoms with Crippen molar-refractivity contribution in [1.29, 1.82) is 0 Å². The van der Waals surface area contributed by atoms with Crippen molar-refractivity contribution < 1.29 is 4.74 Å². The number of para-hydroxylation sites is 1. The summed E-state index contributed by atoms with van der Waals surface area (Å²) in [6.45, 7) is 6.20. The first-order chi connectivity index (χ1) is 8.81. The molecule has 2 rings (SSSR count). The summed E-state index contributed by atoms with van der Waals surface area (Å²) < 4.78 is 6.05. The van der Waals surface area contributed by atoms with E-state index in [1.54, 1.807) is 0 Å². The highest BCUT2D eigenvalue weighted by molar-refractivity contribution is 5.35. The highest BCUT2D eigenvalue weighted by Crippen LogP contribution is 2.28. The molecule has 18 heavy (non-hydrogen) atoms. The Morgan fingerprint density at radius 2 is 2.00 bits per heavy atom. The zero-order chi connectivity index (χ0) is 12.8. The molecule has 0 amide bonds. The molecular formula is C16H25NO. The van der Waals surface area contributed by atoms with Crippen LogP contribution in [0.25, 0.3) is 0 Å². The molecular weight excluding hydrogens is 222 g/mol. The van der Waals surface area contributed by atoms with Gasteiger partial charge in [-0.3, -0.25) is 0 Å². The van der Waals surface area contributed by atoms with Crippen LogP contribution in [-0.2, 0) is 0 Å². The Morgan fingerprint density at radius 1 is 1.28 bits per heavy atom. The molecule has 2 heteroatoms. The van der Waals surface area contributed by atoms with Gasteiger partial charge in [0.15, 0.2) is 0 Å². The van der Waals surface area contributed by atoms with Gasteiger partial charge in [0.1, 0.15) is 5.75 Å². The van der Waals surface area contributed by atoms with Crippen LogP contribution in [-0.4, -0.2) is 13.2 Å². The topological polar surface area (TPSA) is 21.3 Å². The first-order valence-corrected chi connectivity index (χ1v) is 7.26.